The van der Waals surface area contributed by atoms with Gasteiger partial charge in [-0.15, -0.1) is 0 Å². The van der Waals surface area contributed by atoms with Crippen LogP contribution in [0, 0.1) is 11.3 Å². The van der Waals surface area contributed by atoms with Crippen molar-refractivity contribution in [2.24, 2.45) is 11.3 Å². The molecule has 0 unspecified atom stereocenters. The summed E-state index contributed by atoms with van der Waals surface area (Å²) in [6.07, 6.45) is 6.79. The Kier molecular flexibility index (Phi) is 4.66. The summed E-state index contributed by atoms with van der Waals surface area (Å²) in [6, 6.07) is 5.64. The number of ketones is 1. The quantitative estimate of drug-likeness (QED) is 0.600. The molecule has 5 rings (SSSR count). The van der Waals surface area contributed by atoms with E-state index in [0.29, 0.717) is 46.3 Å². The van der Waals surface area contributed by atoms with Gasteiger partial charge in [0.15, 0.2) is 11.4 Å². The van der Waals surface area contributed by atoms with Crippen LogP contribution in [0.1, 0.15) is 42.2 Å². The van der Waals surface area contributed by atoms with Crippen molar-refractivity contribution in [1.82, 2.24) is 19.6 Å². The van der Waals surface area contributed by atoms with Crippen LogP contribution in [-0.2, 0) is 11.2 Å². The monoisotopic (exact) mass is 407 g/mol. The summed E-state index contributed by atoms with van der Waals surface area (Å²) in [5.41, 5.74) is 3.22. The first-order valence-corrected chi connectivity index (χ1v) is 10.4. The molecule has 1 aliphatic carbocycles. The van der Waals surface area contributed by atoms with Crippen molar-refractivity contribution in [2.75, 3.05) is 25.6 Å². The van der Waals surface area contributed by atoms with Crippen LogP contribution in [0.25, 0.3) is 5.65 Å². The van der Waals surface area contributed by atoms with Crippen molar-refractivity contribution < 1.29 is 14.3 Å². The van der Waals surface area contributed by atoms with Gasteiger partial charge in [0, 0.05) is 29.8 Å². The first kappa shape index (κ1) is 19.0. The largest absolute Gasteiger partial charge is 0.480 e. The molecule has 0 amide bonds. The Morgan fingerprint density at radius 2 is 2.23 bits per heavy atom. The van der Waals surface area contributed by atoms with Gasteiger partial charge in [0.1, 0.15) is 11.5 Å². The van der Waals surface area contributed by atoms with Gasteiger partial charge in [-0.25, -0.2) is 14.5 Å². The molecule has 4 heterocycles. The van der Waals surface area contributed by atoms with Crippen molar-refractivity contribution in [1.29, 1.82) is 0 Å². The van der Waals surface area contributed by atoms with E-state index in [4.69, 9.17) is 14.5 Å². The van der Waals surface area contributed by atoms with E-state index in [1.165, 1.54) is 0 Å². The number of anilines is 2. The van der Waals surface area contributed by atoms with E-state index in [1.807, 2.05) is 18.2 Å². The Hall–Kier alpha value is -3.00. The van der Waals surface area contributed by atoms with Gasteiger partial charge in [-0.1, -0.05) is 6.92 Å². The zero-order valence-corrected chi connectivity index (χ0v) is 17.2. The number of carbonyl (C=O) groups is 1. The highest BCUT2D eigenvalue weighted by atomic mass is 16.5. The minimum Gasteiger partial charge on any atom is -0.480 e. The Morgan fingerprint density at radius 3 is 2.93 bits per heavy atom. The van der Waals surface area contributed by atoms with Gasteiger partial charge in [-0.3, -0.25) is 4.79 Å². The molecule has 1 saturated heterocycles. The second-order valence-corrected chi connectivity index (χ2v) is 8.36. The molecule has 8 nitrogen and oxygen atoms in total. The zero-order valence-electron chi connectivity index (χ0n) is 17.2. The molecule has 0 bridgehead atoms. The Morgan fingerprint density at radius 1 is 1.40 bits per heavy atom. The molecule has 1 N–H and O–H groups in total. The number of fused-ring (bicyclic) bond motifs is 1. The van der Waals surface area contributed by atoms with Crippen molar-refractivity contribution in [3.63, 3.8) is 0 Å². The number of rotatable bonds is 7. The lowest BCUT2D eigenvalue weighted by molar-refractivity contribution is -0.177. The Bertz CT molecular complexity index is 1100. The summed E-state index contributed by atoms with van der Waals surface area (Å²) in [7, 11) is 1.58. The molecule has 1 saturated carbocycles. The number of nitrogens with one attached hydrogen (secondary N) is 1. The van der Waals surface area contributed by atoms with E-state index in [1.54, 1.807) is 24.0 Å². The average molecular weight is 407 g/mol. The third-order valence-electron chi connectivity index (χ3n) is 6.17. The summed E-state index contributed by atoms with van der Waals surface area (Å²) in [6.45, 7) is 3.76. The van der Waals surface area contributed by atoms with Crippen LogP contribution in [0.15, 0.2) is 30.6 Å². The maximum Gasteiger partial charge on any atom is 0.237 e. The number of nitrogens with zero attached hydrogens (tertiary/aromatic N) is 4. The van der Waals surface area contributed by atoms with Gasteiger partial charge in [-0.2, -0.15) is 5.10 Å². The summed E-state index contributed by atoms with van der Waals surface area (Å²) in [4.78, 5) is 22.0. The van der Waals surface area contributed by atoms with Crippen LogP contribution in [-0.4, -0.2) is 45.7 Å². The number of aromatic nitrogens is 4. The first-order valence-electron chi connectivity index (χ1n) is 10.4. The SMILES string of the molecule is CCc1cc(Nc2cccnc2OC)nc2c(C(=O)CC3CC4(COC4)C3)cnn12. The fraction of sp³-hybridized carbons (Fsp3) is 0.455. The van der Waals surface area contributed by atoms with E-state index in [-0.39, 0.29) is 5.78 Å². The molecule has 8 heteroatoms. The predicted octanol–water partition coefficient (Wildman–Crippen LogP) is 3.44. The highest BCUT2D eigenvalue weighted by Gasteiger charge is 2.50. The number of hydrogen-bond donors (Lipinski definition) is 1. The number of methoxy groups -OCH3 is 1. The molecule has 3 aromatic rings. The lowest BCUT2D eigenvalue weighted by Gasteiger charge is -2.53. The molecule has 156 valence electrons. The van der Waals surface area contributed by atoms with E-state index in [0.717, 1.165) is 38.2 Å². The first-order chi connectivity index (χ1) is 14.6. The number of Topliss-reactive ketones (excluding diaryl/α,β-unsaturated/α-hetero) is 1. The van der Waals surface area contributed by atoms with Gasteiger partial charge in [0.25, 0.3) is 0 Å². The number of hydrogen-bond acceptors (Lipinski definition) is 7. The minimum atomic E-state index is 0.107. The van der Waals surface area contributed by atoms with Crippen LogP contribution in [0.2, 0.25) is 0 Å². The molecular weight excluding hydrogens is 382 g/mol. The van der Waals surface area contributed by atoms with Gasteiger partial charge in [0.05, 0.1) is 32.1 Å². The molecule has 1 spiro atoms. The van der Waals surface area contributed by atoms with E-state index >= 15 is 0 Å². The van der Waals surface area contributed by atoms with Crippen molar-refractivity contribution in [3.05, 3.63) is 41.9 Å². The minimum absolute atomic E-state index is 0.107. The number of aryl methyl sites for hydroxylation is 1. The topological polar surface area (TPSA) is 90.6 Å². The molecule has 30 heavy (non-hydrogen) atoms. The highest BCUT2D eigenvalue weighted by Crippen LogP contribution is 2.52. The maximum atomic E-state index is 13.0. The van der Waals surface area contributed by atoms with Gasteiger partial charge < -0.3 is 14.8 Å². The summed E-state index contributed by atoms with van der Waals surface area (Å²) in [5, 5.41) is 7.72. The second kappa shape index (κ2) is 7.36. The van der Waals surface area contributed by atoms with Gasteiger partial charge >= 0.3 is 0 Å². The standard InChI is InChI=1S/C22H25N5O3/c1-3-15-8-19(25-17-5-4-6-23-21(17)29-2)26-20-16(11-24-27(15)20)18(28)7-14-9-22(10-14)12-30-13-22/h4-6,8,11,14H,3,7,9-10,12-13H2,1-2H3,(H,25,26). The van der Waals surface area contributed by atoms with Crippen molar-refractivity contribution >= 4 is 22.9 Å². The molecular formula is C22H25N5O3. The van der Waals surface area contributed by atoms with E-state index in [2.05, 4.69) is 22.3 Å². The van der Waals surface area contributed by atoms with Gasteiger partial charge in [0.2, 0.25) is 5.88 Å². The van der Waals surface area contributed by atoms with E-state index < -0.39 is 0 Å². The molecule has 0 aromatic carbocycles. The summed E-state index contributed by atoms with van der Waals surface area (Å²) >= 11 is 0. The third-order valence-corrected chi connectivity index (χ3v) is 6.17. The fourth-order valence-corrected chi connectivity index (χ4v) is 4.63. The zero-order chi connectivity index (χ0) is 20.7. The summed E-state index contributed by atoms with van der Waals surface area (Å²) < 4.78 is 12.4. The number of pyridine rings is 1. The Balaban J connectivity index is 1.42. The van der Waals surface area contributed by atoms with Crippen LogP contribution in [0.5, 0.6) is 5.88 Å². The third kappa shape index (κ3) is 3.21. The molecule has 1 aliphatic heterocycles. The van der Waals surface area contributed by atoms with E-state index in [9.17, 15) is 4.79 Å². The molecule has 0 atom stereocenters. The number of ether oxygens (including phenoxy) is 2. The highest BCUT2D eigenvalue weighted by molar-refractivity contribution is 6.01. The smallest absolute Gasteiger partial charge is 0.237 e. The number of carbonyl (C=O) groups excluding carboxylic acids is 1. The molecule has 3 aromatic heterocycles. The maximum absolute atomic E-state index is 13.0. The Labute approximate surface area is 174 Å². The summed E-state index contributed by atoms with van der Waals surface area (Å²) in [5.74, 6) is 1.66. The van der Waals surface area contributed by atoms with Crippen LogP contribution in [0.3, 0.4) is 0 Å². The van der Waals surface area contributed by atoms with Gasteiger partial charge in [-0.05, 0) is 37.3 Å². The van der Waals surface area contributed by atoms with Crippen molar-refractivity contribution in [2.45, 2.75) is 32.6 Å². The lowest BCUT2D eigenvalue weighted by Crippen LogP contribution is -2.52. The average Bonchev–Trinajstić information content (AvgIpc) is 3.12. The lowest BCUT2D eigenvalue weighted by atomic mass is 9.59. The van der Waals surface area contributed by atoms with Crippen LogP contribution < -0.4 is 10.1 Å². The van der Waals surface area contributed by atoms with Crippen LogP contribution >= 0.6 is 0 Å². The normalized spacial score (nSPS) is 17.5. The fourth-order valence-electron chi connectivity index (χ4n) is 4.63. The second-order valence-electron chi connectivity index (χ2n) is 8.36. The molecule has 0 radical (unpaired) electrons. The van der Waals surface area contributed by atoms with Crippen molar-refractivity contribution in [3.8, 4) is 5.88 Å². The predicted molar refractivity (Wildman–Crippen MR) is 111 cm³/mol. The molecule has 2 fully saturated rings. The molecule has 2 aliphatic rings. The van der Waals surface area contributed by atoms with Crippen LogP contribution in [0.4, 0.5) is 11.5 Å².